The van der Waals surface area contributed by atoms with Crippen molar-refractivity contribution in [2.45, 2.75) is 6.54 Å². The number of rotatable bonds is 4. The maximum atomic E-state index is 5.13. The quantitative estimate of drug-likeness (QED) is 0.743. The molecule has 0 bridgehead atoms. The van der Waals surface area contributed by atoms with Crippen LogP contribution in [0.3, 0.4) is 0 Å². The van der Waals surface area contributed by atoms with Gasteiger partial charge in [-0.15, -0.1) is 0 Å². The van der Waals surface area contributed by atoms with E-state index < -0.39 is 0 Å². The first kappa shape index (κ1) is 11.8. The van der Waals surface area contributed by atoms with Gasteiger partial charge in [-0.3, -0.25) is 0 Å². The highest BCUT2D eigenvalue weighted by Crippen LogP contribution is 2.20. The maximum absolute atomic E-state index is 5.13. The topological polar surface area (TPSA) is 12.5 Å². The molecule has 2 rings (SSSR count). The number of hydrogen-bond donors (Lipinski definition) is 0. The molecule has 2 aromatic rings. The molecule has 0 aliphatic heterocycles. The Labute approximate surface area is 102 Å². The van der Waals surface area contributed by atoms with Gasteiger partial charge < -0.3 is 4.84 Å². The van der Waals surface area contributed by atoms with Gasteiger partial charge in [0.25, 0.3) is 0 Å². The van der Waals surface area contributed by atoms with E-state index in [4.69, 9.17) is 4.84 Å². The van der Waals surface area contributed by atoms with Crippen molar-refractivity contribution in [1.82, 2.24) is 5.06 Å². The van der Waals surface area contributed by atoms with E-state index >= 15 is 0 Å². The average molecular weight is 227 g/mol. The van der Waals surface area contributed by atoms with E-state index in [1.54, 1.807) is 7.11 Å². The summed E-state index contributed by atoms with van der Waals surface area (Å²) in [6.07, 6.45) is 0. The summed E-state index contributed by atoms with van der Waals surface area (Å²) >= 11 is 0. The smallest absolute Gasteiger partial charge is 0.0575 e. The van der Waals surface area contributed by atoms with E-state index in [0.717, 1.165) is 6.54 Å². The molecule has 88 valence electrons. The third kappa shape index (κ3) is 3.16. The van der Waals surface area contributed by atoms with E-state index in [9.17, 15) is 0 Å². The lowest BCUT2D eigenvalue weighted by Crippen LogP contribution is -2.15. The minimum absolute atomic E-state index is 0.789. The normalized spacial score (nSPS) is 10.8. The van der Waals surface area contributed by atoms with Crippen LogP contribution in [0.5, 0.6) is 0 Å². The zero-order chi connectivity index (χ0) is 12.1. The fraction of sp³-hybridized carbons (Fsp3) is 0.200. The number of nitrogens with zero attached hydrogens (tertiary/aromatic N) is 1. The summed E-state index contributed by atoms with van der Waals surface area (Å²) in [5.41, 5.74) is 3.73. The van der Waals surface area contributed by atoms with Gasteiger partial charge in [0.1, 0.15) is 0 Å². The van der Waals surface area contributed by atoms with Crippen LogP contribution in [0.25, 0.3) is 11.1 Å². The molecule has 0 fully saturated rings. The first-order chi connectivity index (χ1) is 8.29. The van der Waals surface area contributed by atoms with Crippen LogP contribution in [0, 0.1) is 0 Å². The molecule has 0 spiro atoms. The molecule has 2 heteroatoms. The van der Waals surface area contributed by atoms with Gasteiger partial charge in [-0.2, -0.15) is 5.06 Å². The Hall–Kier alpha value is -1.64. The zero-order valence-corrected chi connectivity index (χ0v) is 10.3. The molecule has 0 aliphatic carbocycles. The van der Waals surface area contributed by atoms with E-state index in [1.165, 1.54) is 16.7 Å². The lowest BCUT2D eigenvalue weighted by Gasteiger charge is -2.14. The van der Waals surface area contributed by atoms with Gasteiger partial charge in [-0.05, 0) is 22.8 Å². The highest BCUT2D eigenvalue weighted by Gasteiger charge is 2.01. The lowest BCUT2D eigenvalue weighted by atomic mass is 10.0. The third-order valence-corrected chi connectivity index (χ3v) is 2.75. The van der Waals surface area contributed by atoms with Crippen LogP contribution < -0.4 is 0 Å². The lowest BCUT2D eigenvalue weighted by molar-refractivity contribution is -0.116. The van der Waals surface area contributed by atoms with Gasteiger partial charge >= 0.3 is 0 Å². The fourth-order valence-electron chi connectivity index (χ4n) is 1.80. The number of benzene rings is 2. The monoisotopic (exact) mass is 227 g/mol. The van der Waals surface area contributed by atoms with E-state index in [0.29, 0.717) is 0 Å². The Morgan fingerprint density at radius 1 is 0.941 bits per heavy atom. The first-order valence-corrected chi connectivity index (χ1v) is 5.69. The fourth-order valence-corrected chi connectivity index (χ4v) is 1.80. The van der Waals surface area contributed by atoms with Crippen LogP contribution in [-0.4, -0.2) is 19.2 Å². The highest BCUT2D eigenvalue weighted by molar-refractivity contribution is 5.63. The Kier molecular flexibility index (Phi) is 3.91. The molecule has 0 saturated heterocycles. The largest absolute Gasteiger partial charge is 0.302 e. The predicted octanol–water partition coefficient (Wildman–Crippen LogP) is 3.35. The Morgan fingerprint density at radius 2 is 1.65 bits per heavy atom. The van der Waals surface area contributed by atoms with Crippen LogP contribution in [0.1, 0.15) is 5.56 Å². The molecular formula is C15H17NO. The molecule has 0 amide bonds. The minimum Gasteiger partial charge on any atom is -0.302 e. The van der Waals surface area contributed by atoms with Crippen molar-refractivity contribution in [3.8, 4) is 11.1 Å². The first-order valence-electron chi connectivity index (χ1n) is 5.69. The number of hydrogen-bond acceptors (Lipinski definition) is 2. The zero-order valence-electron chi connectivity index (χ0n) is 10.3. The second-order valence-electron chi connectivity index (χ2n) is 4.03. The van der Waals surface area contributed by atoms with Crippen molar-refractivity contribution in [3.63, 3.8) is 0 Å². The summed E-state index contributed by atoms with van der Waals surface area (Å²) in [6, 6.07) is 18.9. The van der Waals surface area contributed by atoms with Crippen molar-refractivity contribution in [3.05, 3.63) is 60.2 Å². The highest BCUT2D eigenvalue weighted by atomic mass is 16.7. The van der Waals surface area contributed by atoms with E-state index in [1.807, 2.05) is 18.2 Å². The Balaban J connectivity index is 2.23. The SMILES string of the molecule is CON(C)Cc1cccc(-c2ccccc2)c1. The second kappa shape index (κ2) is 5.62. The van der Waals surface area contributed by atoms with Gasteiger partial charge in [0, 0.05) is 13.6 Å². The minimum atomic E-state index is 0.789. The molecule has 0 radical (unpaired) electrons. The molecule has 17 heavy (non-hydrogen) atoms. The molecule has 2 aromatic carbocycles. The maximum Gasteiger partial charge on any atom is 0.0575 e. The molecule has 0 N–H and O–H groups in total. The van der Waals surface area contributed by atoms with Crippen LogP contribution in [0.2, 0.25) is 0 Å². The van der Waals surface area contributed by atoms with E-state index in [2.05, 4.69) is 48.5 Å². The van der Waals surface area contributed by atoms with Crippen LogP contribution in [0.15, 0.2) is 54.6 Å². The molecule has 0 aromatic heterocycles. The van der Waals surface area contributed by atoms with Gasteiger partial charge in [0.05, 0.1) is 7.11 Å². The van der Waals surface area contributed by atoms with Crippen LogP contribution >= 0.6 is 0 Å². The molecule has 0 atom stereocenters. The summed E-state index contributed by atoms with van der Waals surface area (Å²) in [7, 11) is 3.61. The summed E-state index contributed by atoms with van der Waals surface area (Å²) in [5.74, 6) is 0. The van der Waals surface area contributed by atoms with E-state index in [-0.39, 0.29) is 0 Å². The molecule has 0 aliphatic rings. The summed E-state index contributed by atoms with van der Waals surface area (Å²) < 4.78 is 0. The molecule has 0 unspecified atom stereocenters. The molecule has 0 heterocycles. The molecule has 0 saturated carbocycles. The van der Waals surface area contributed by atoms with Crippen molar-refractivity contribution >= 4 is 0 Å². The predicted molar refractivity (Wildman–Crippen MR) is 70.4 cm³/mol. The van der Waals surface area contributed by atoms with Crippen LogP contribution in [-0.2, 0) is 11.4 Å². The summed E-state index contributed by atoms with van der Waals surface area (Å²) in [6.45, 7) is 0.789. The Bertz CT molecular complexity index is 467. The Morgan fingerprint density at radius 3 is 2.35 bits per heavy atom. The van der Waals surface area contributed by atoms with Crippen molar-refractivity contribution in [1.29, 1.82) is 0 Å². The molecule has 2 nitrogen and oxygen atoms in total. The second-order valence-corrected chi connectivity index (χ2v) is 4.03. The number of hydroxylamine groups is 2. The average Bonchev–Trinajstić information content (AvgIpc) is 2.40. The van der Waals surface area contributed by atoms with Crippen molar-refractivity contribution < 1.29 is 4.84 Å². The standard InChI is InChI=1S/C15H17NO/c1-16(17-2)12-13-7-6-10-15(11-13)14-8-4-3-5-9-14/h3-11H,12H2,1-2H3. The van der Waals surface area contributed by atoms with Gasteiger partial charge in [0.15, 0.2) is 0 Å². The van der Waals surface area contributed by atoms with Gasteiger partial charge in [0.2, 0.25) is 0 Å². The van der Waals surface area contributed by atoms with Crippen molar-refractivity contribution in [2.24, 2.45) is 0 Å². The van der Waals surface area contributed by atoms with Crippen LogP contribution in [0.4, 0.5) is 0 Å². The van der Waals surface area contributed by atoms with Gasteiger partial charge in [-0.25, -0.2) is 0 Å². The summed E-state index contributed by atoms with van der Waals surface area (Å²) in [5, 5.41) is 1.81. The molecular weight excluding hydrogens is 210 g/mol. The van der Waals surface area contributed by atoms with Gasteiger partial charge in [-0.1, -0.05) is 48.5 Å². The summed E-state index contributed by atoms with van der Waals surface area (Å²) in [4.78, 5) is 5.13. The third-order valence-electron chi connectivity index (χ3n) is 2.75. The van der Waals surface area contributed by atoms with Crippen molar-refractivity contribution in [2.75, 3.05) is 14.2 Å².